The third-order valence-electron chi connectivity index (χ3n) is 2.19. The van der Waals surface area contributed by atoms with Crippen LogP contribution in [0.3, 0.4) is 0 Å². The van der Waals surface area contributed by atoms with Crippen LogP contribution in [0.5, 0.6) is 6.01 Å². The molecule has 94 valence electrons. The van der Waals surface area contributed by atoms with E-state index in [2.05, 4.69) is 25.5 Å². The molecule has 2 rings (SSSR count). The maximum Gasteiger partial charge on any atom is 0.337 e. The SMILES string of the molecule is CCOc1n[nH]c(NC(=O)c2ncccc2C)n1. The van der Waals surface area contributed by atoms with Gasteiger partial charge in [-0.25, -0.2) is 5.10 Å². The van der Waals surface area contributed by atoms with Crippen molar-refractivity contribution in [3.05, 3.63) is 29.6 Å². The molecule has 0 bridgehead atoms. The van der Waals surface area contributed by atoms with Crippen molar-refractivity contribution in [3.8, 4) is 6.01 Å². The molecule has 0 aliphatic heterocycles. The molecule has 2 heterocycles. The molecule has 2 aromatic rings. The highest BCUT2D eigenvalue weighted by Gasteiger charge is 2.12. The normalized spacial score (nSPS) is 10.1. The number of amides is 1. The molecule has 1 amide bonds. The molecule has 0 fully saturated rings. The topological polar surface area (TPSA) is 92.8 Å². The highest BCUT2D eigenvalue weighted by Crippen LogP contribution is 2.09. The van der Waals surface area contributed by atoms with E-state index in [1.54, 1.807) is 12.3 Å². The van der Waals surface area contributed by atoms with Crippen LogP contribution in [0.4, 0.5) is 5.95 Å². The molecule has 0 saturated carbocycles. The molecule has 0 radical (unpaired) electrons. The van der Waals surface area contributed by atoms with E-state index in [-0.39, 0.29) is 17.9 Å². The Bertz CT molecular complexity index is 552. The first kappa shape index (κ1) is 12.0. The first-order valence-electron chi connectivity index (χ1n) is 5.49. The highest BCUT2D eigenvalue weighted by atomic mass is 16.5. The largest absolute Gasteiger partial charge is 0.463 e. The average Bonchev–Trinajstić information content (AvgIpc) is 2.77. The molecule has 7 heteroatoms. The van der Waals surface area contributed by atoms with Crippen molar-refractivity contribution in [3.63, 3.8) is 0 Å². The Labute approximate surface area is 104 Å². The van der Waals surface area contributed by atoms with Crippen molar-refractivity contribution in [2.45, 2.75) is 13.8 Å². The number of anilines is 1. The number of aryl methyl sites for hydroxylation is 1. The van der Waals surface area contributed by atoms with E-state index >= 15 is 0 Å². The molecular weight excluding hydrogens is 234 g/mol. The summed E-state index contributed by atoms with van der Waals surface area (Å²) in [5.41, 5.74) is 1.14. The molecule has 7 nitrogen and oxygen atoms in total. The Balaban J connectivity index is 2.09. The molecule has 2 N–H and O–H groups in total. The second-order valence-corrected chi connectivity index (χ2v) is 3.52. The average molecular weight is 247 g/mol. The standard InChI is InChI=1S/C11H13N5O2/c1-3-18-11-14-10(15-16-11)13-9(17)8-7(2)5-4-6-12-8/h4-6H,3H2,1-2H3,(H2,13,14,15,16,17). The van der Waals surface area contributed by atoms with Crippen LogP contribution in [0.2, 0.25) is 0 Å². The van der Waals surface area contributed by atoms with Gasteiger partial charge in [-0.1, -0.05) is 6.07 Å². The van der Waals surface area contributed by atoms with Gasteiger partial charge in [0.15, 0.2) is 0 Å². The lowest BCUT2D eigenvalue weighted by molar-refractivity contribution is 0.102. The van der Waals surface area contributed by atoms with Gasteiger partial charge in [-0.2, -0.15) is 4.98 Å². The Morgan fingerprint density at radius 1 is 1.56 bits per heavy atom. The van der Waals surface area contributed by atoms with Gasteiger partial charge >= 0.3 is 6.01 Å². The molecule has 0 saturated heterocycles. The highest BCUT2D eigenvalue weighted by molar-refractivity contribution is 6.02. The number of nitrogens with zero attached hydrogens (tertiary/aromatic N) is 3. The third-order valence-corrected chi connectivity index (χ3v) is 2.19. The number of rotatable bonds is 4. The first-order valence-corrected chi connectivity index (χ1v) is 5.49. The number of pyridine rings is 1. The summed E-state index contributed by atoms with van der Waals surface area (Å²) in [4.78, 5) is 19.9. The number of aromatic amines is 1. The summed E-state index contributed by atoms with van der Waals surface area (Å²) in [5.74, 6) is -0.110. The number of hydrogen-bond acceptors (Lipinski definition) is 5. The molecule has 18 heavy (non-hydrogen) atoms. The molecule has 0 spiro atoms. The molecule has 0 aromatic carbocycles. The lowest BCUT2D eigenvalue weighted by Gasteiger charge is -2.02. The second kappa shape index (κ2) is 5.26. The van der Waals surface area contributed by atoms with Gasteiger partial charge < -0.3 is 4.74 Å². The number of carbonyl (C=O) groups excluding carboxylic acids is 1. The van der Waals surface area contributed by atoms with Gasteiger partial charge in [0, 0.05) is 6.20 Å². The minimum absolute atomic E-state index is 0.200. The van der Waals surface area contributed by atoms with Crippen molar-refractivity contribution < 1.29 is 9.53 Å². The zero-order valence-corrected chi connectivity index (χ0v) is 10.1. The first-order chi connectivity index (χ1) is 8.70. The minimum Gasteiger partial charge on any atom is -0.463 e. The monoisotopic (exact) mass is 247 g/mol. The number of nitrogens with one attached hydrogen (secondary N) is 2. The number of H-pyrrole nitrogens is 1. The zero-order valence-electron chi connectivity index (χ0n) is 10.1. The van der Waals surface area contributed by atoms with Crippen LogP contribution in [-0.4, -0.2) is 32.7 Å². The molecular formula is C11H13N5O2. The van der Waals surface area contributed by atoms with E-state index in [0.717, 1.165) is 5.56 Å². The fourth-order valence-corrected chi connectivity index (χ4v) is 1.39. The number of carbonyl (C=O) groups is 1. The van der Waals surface area contributed by atoms with Gasteiger partial charge in [-0.15, -0.1) is 5.10 Å². The van der Waals surface area contributed by atoms with Crippen molar-refractivity contribution in [2.75, 3.05) is 11.9 Å². The van der Waals surface area contributed by atoms with Crippen molar-refractivity contribution in [1.82, 2.24) is 20.2 Å². The number of aromatic nitrogens is 4. The van der Waals surface area contributed by atoms with Crippen molar-refractivity contribution >= 4 is 11.9 Å². The number of hydrogen-bond donors (Lipinski definition) is 2. The van der Waals surface area contributed by atoms with Gasteiger partial charge in [0.05, 0.1) is 6.61 Å². The van der Waals surface area contributed by atoms with Crippen LogP contribution >= 0.6 is 0 Å². The van der Waals surface area contributed by atoms with E-state index in [4.69, 9.17) is 4.74 Å². The smallest absolute Gasteiger partial charge is 0.337 e. The fraction of sp³-hybridized carbons (Fsp3) is 0.273. The Morgan fingerprint density at radius 2 is 2.39 bits per heavy atom. The van der Waals surface area contributed by atoms with E-state index in [1.807, 2.05) is 19.9 Å². The van der Waals surface area contributed by atoms with E-state index in [1.165, 1.54) is 0 Å². The predicted molar refractivity (Wildman–Crippen MR) is 64.5 cm³/mol. The van der Waals surface area contributed by atoms with E-state index < -0.39 is 0 Å². The molecule has 0 aliphatic rings. The molecule has 0 atom stereocenters. The second-order valence-electron chi connectivity index (χ2n) is 3.52. The van der Waals surface area contributed by atoms with Crippen LogP contribution in [-0.2, 0) is 0 Å². The summed E-state index contributed by atoms with van der Waals surface area (Å²) in [5, 5.41) is 8.91. The van der Waals surface area contributed by atoms with Gasteiger partial charge in [0.2, 0.25) is 5.95 Å². The Morgan fingerprint density at radius 3 is 3.11 bits per heavy atom. The van der Waals surface area contributed by atoms with E-state index in [0.29, 0.717) is 12.3 Å². The summed E-state index contributed by atoms with van der Waals surface area (Å²) in [6, 6.07) is 3.78. The van der Waals surface area contributed by atoms with Crippen LogP contribution in [0, 0.1) is 6.92 Å². The Kier molecular flexibility index (Phi) is 3.52. The van der Waals surface area contributed by atoms with Gasteiger partial charge in [0.1, 0.15) is 5.69 Å². The van der Waals surface area contributed by atoms with E-state index in [9.17, 15) is 4.79 Å². The molecule has 0 aliphatic carbocycles. The van der Waals surface area contributed by atoms with Crippen LogP contribution < -0.4 is 10.1 Å². The predicted octanol–water partition coefficient (Wildman–Crippen LogP) is 1.16. The van der Waals surface area contributed by atoms with Crippen molar-refractivity contribution in [1.29, 1.82) is 0 Å². The van der Waals surface area contributed by atoms with Crippen molar-refractivity contribution in [2.24, 2.45) is 0 Å². The molecule has 0 unspecified atom stereocenters. The fourth-order valence-electron chi connectivity index (χ4n) is 1.39. The quantitative estimate of drug-likeness (QED) is 0.845. The summed E-state index contributed by atoms with van der Waals surface area (Å²) >= 11 is 0. The Hall–Kier alpha value is -2.44. The summed E-state index contributed by atoms with van der Waals surface area (Å²) in [7, 11) is 0. The van der Waals surface area contributed by atoms with Gasteiger partial charge in [-0.3, -0.25) is 15.1 Å². The van der Waals surface area contributed by atoms with Crippen LogP contribution in [0.1, 0.15) is 23.0 Å². The van der Waals surface area contributed by atoms with Gasteiger partial charge in [0.25, 0.3) is 5.91 Å². The lowest BCUT2D eigenvalue weighted by atomic mass is 10.2. The summed E-state index contributed by atoms with van der Waals surface area (Å²) < 4.78 is 5.08. The maximum absolute atomic E-state index is 11.9. The maximum atomic E-state index is 11.9. The lowest BCUT2D eigenvalue weighted by Crippen LogP contribution is -2.16. The summed E-state index contributed by atoms with van der Waals surface area (Å²) in [6.45, 7) is 4.10. The zero-order chi connectivity index (χ0) is 13.0. The van der Waals surface area contributed by atoms with Crippen LogP contribution in [0.15, 0.2) is 18.3 Å². The summed E-state index contributed by atoms with van der Waals surface area (Å²) in [6.07, 6.45) is 1.56. The number of ether oxygens (including phenoxy) is 1. The third kappa shape index (κ3) is 2.62. The molecule has 2 aromatic heterocycles. The minimum atomic E-state index is -0.340. The van der Waals surface area contributed by atoms with Crippen LogP contribution in [0.25, 0.3) is 0 Å². The van der Waals surface area contributed by atoms with Gasteiger partial charge in [-0.05, 0) is 25.5 Å².